The van der Waals surface area contributed by atoms with Crippen molar-refractivity contribution in [3.05, 3.63) is 50.1 Å². The van der Waals surface area contributed by atoms with E-state index in [9.17, 15) is 0 Å². The summed E-state index contributed by atoms with van der Waals surface area (Å²) >= 11 is 5.15. The van der Waals surface area contributed by atoms with E-state index in [2.05, 4.69) is 47.3 Å². The van der Waals surface area contributed by atoms with Gasteiger partial charge in [-0.2, -0.15) is 0 Å². The standard InChI is InChI=1S/C13H13BrOS/c1-9-4-3-5-13(10(9)2)15-7-12-6-11(14)8-16-12/h3-6,8H,7H2,1-2H3. The van der Waals surface area contributed by atoms with E-state index >= 15 is 0 Å². The zero-order valence-corrected chi connectivity index (χ0v) is 11.7. The molecule has 0 aliphatic heterocycles. The minimum atomic E-state index is 0.639. The highest BCUT2D eigenvalue weighted by Gasteiger charge is 2.03. The van der Waals surface area contributed by atoms with E-state index in [1.807, 2.05) is 12.1 Å². The molecule has 2 rings (SSSR count). The number of rotatable bonds is 3. The average Bonchev–Trinajstić information content (AvgIpc) is 2.67. The first-order valence-electron chi connectivity index (χ1n) is 5.09. The largest absolute Gasteiger partial charge is 0.488 e. The first-order valence-corrected chi connectivity index (χ1v) is 6.76. The fourth-order valence-corrected chi connectivity index (χ4v) is 2.82. The number of hydrogen-bond acceptors (Lipinski definition) is 2. The Labute approximate surface area is 108 Å². The van der Waals surface area contributed by atoms with Crippen molar-refractivity contribution in [1.82, 2.24) is 0 Å². The van der Waals surface area contributed by atoms with Gasteiger partial charge in [0.1, 0.15) is 12.4 Å². The van der Waals surface area contributed by atoms with Gasteiger partial charge in [0.2, 0.25) is 0 Å². The molecule has 0 radical (unpaired) electrons. The molecule has 0 saturated heterocycles. The van der Waals surface area contributed by atoms with Gasteiger partial charge < -0.3 is 4.74 Å². The van der Waals surface area contributed by atoms with Gasteiger partial charge in [-0.15, -0.1) is 11.3 Å². The van der Waals surface area contributed by atoms with Gasteiger partial charge in [0.25, 0.3) is 0 Å². The van der Waals surface area contributed by atoms with Crippen LogP contribution < -0.4 is 4.74 Å². The molecule has 3 heteroatoms. The van der Waals surface area contributed by atoms with E-state index in [1.165, 1.54) is 16.0 Å². The molecule has 1 aromatic heterocycles. The van der Waals surface area contributed by atoms with Gasteiger partial charge in [-0.25, -0.2) is 0 Å². The van der Waals surface area contributed by atoms with Crippen molar-refractivity contribution in [3.63, 3.8) is 0 Å². The Morgan fingerprint density at radius 2 is 2.12 bits per heavy atom. The minimum Gasteiger partial charge on any atom is -0.488 e. The molecule has 0 saturated carbocycles. The lowest BCUT2D eigenvalue weighted by Gasteiger charge is -2.09. The maximum Gasteiger partial charge on any atom is 0.123 e. The summed E-state index contributed by atoms with van der Waals surface area (Å²) in [5.74, 6) is 0.976. The monoisotopic (exact) mass is 296 g/mol. The minimum absolute atomic E-state index is 0.639. The average molecular weight is 297 g/mol. The van der Waals surface area contributed by atoms with Gasteiger partial charge in [-0.05, 0) is 53.0 Å². The van der Waals surface area contributed by atoms with Crippen molar-refractivity contribution in [3.8, 4) is 5.75 Å². The molecular formula is C13H13BrOS. The molecular weight excluding hydrogens is 284 g/mol. The number of halogens is 1. The number of hydrogen-bond donors (Lipinski definition) is 0. The predicted molar refractivity (Wildman–Crippen MR) is 72.3 cm³/mol. The molecule has 0 aliphatic rings. The van der Waals surface area contributed by atoms with E-state index in [1.54, 1.807) is 11.3 Å². The summed E-state index contributed by atoms with van der Waals surface area (Å²) in [5, 5.41) is 2.07. The lowest BCUT2D eigenvalue weighted by Crippen LogP contribution is -1.95. The van der Waals surface area contributed by atoms with E-state index in [-0.39, 0.29) is 0 Å². The Hall–Kier alpha value is -0.800. The van der Waals surface area contributed by atoms with Crippen molar-refractivity contribution < 1.29 is 4.74 Å². The Kier molecular flexibility index (Phi) is 3.66. The molecule has 0 N–H and O–H groups in total. The Bertz CT molecular complexity index is 490. The third kappa shape index (κ3) is 2.66. The van der Waals surface area contributed by atoms with Gasteiger partial charge in [-0.1, -0.05) is 12.1 Å². The summed E-state index contributed by atoms with van der Waals surface area (Å²) in [6.45, 7) is 4.83. The summed E-state index contributed by atoms with van der Waals surface area (Å²) in [4.78, 5) is 1.23. The molecule has 0 unspecified atom stereocenters. The lowest BCUT2D eigenvalue weighted by atomic mass is 10.1. The summed E-state index contributed by atoms with van der Waals surface area (Å²) in [6, 6.07) is 8.24. The second kappa shape index (κ2) is 5.02. The molecule has 0 atom stereocenters. The normalized spacial score (nSPS) is 10.4. The van der Waals surface area contributed by atoms with Crippen LogP contribution >= 0.6 is 27.3 Å². The van der Waals surface area contributed by atoms with Crippen LogP contribution in [0.15, 0.2) is 34.1 Å². The van der Waals surface area contributed by atoms with Crippen LogP contribution in [0, 0.1) is 13.8 Å². The fraction of sp³-hybridized carbons (Fsp3) is 0.231. The van der Waals surface area contributed by atoms with Crippen LogP contribution in [0.1, 0.15) is 16.0 Å². The van der Waals surface area contributed by atoms with Crippen molar-refractivity contribution in [2.75, 3.05) is 0 Å². The van der Waals surface area contributed by atoms with Crippen LogP contribution in [-0.4, -0.2) is 0 Å². The van der Waals surface area contributed by atoms with Crippen LogP contribution in [0.5, 0.6) is 5.75 Å². The van der Waals surface area contributed by atoms with Crippen molar-refractivity contribution in [2.45, 2.75) is 20.5 Å². The molecule has 0 aliphatic carbocycles. The molecule has 16 heavy (non-hydrogen) atoms. The van der Waals surface area contributed by atoms with E-state index in [0.717, 1.165) is 10.2 Å². The number of thiophene rings is 1. The highest BCUT2D eigenvalue weighted by Crippen LogP contribution is 2.24. The van der Waals surface area contributed by atoms with Crippen molar-refractivity contribution in [2.24, 2.45) is 0 Å². The topological polar surface area (TPSA) is 9.23 Å². The predicted octanol–water partition coefficient (Wildman–Crippen LogP) is 4.71. The highest BCUT2D eigenvalue weighted by molar-refractivity contribution is 9.10. The van der Waals surface area contributed by atoms with Crippen LogP contribution in [-0.2, 0) is 6.61 Å². The van der Waals surface area contributed by atoms with Gasteiger partial charge in [0.05, 0.1) is 0 Å². The van der Waals surface area contributed by atoms with Gasteiger partial charge >= 0.3 is 0 Å². The van der Waals surface area contributed by atoms with Gasteiger partial charge in [-0.3, -0.25) is 0 Å². The SMILES string of the molecule is Cc1cccc(OCc2cc(Br)cs2)c1C. The quantitative estimate of drug-likeness (QED) is 0.797. The maximum atomic E-state index is 5.81. The second-order valence-electron chi connectivity index (χ2n) is 3.72. The summed E-state index contributed by atoms with van der Waals surface area (Å²) in [5.41, 5.74) is 2.49. The molecule has 0 amide bonds. The fourth-order valence-electron chi connectivity index (χ4n) is 1.46. The van der Waals surface area contributed by atoms with Crippen molar-refractivity contribution >= 4 is 27.3 Å². The Morgan fingerprint density at radius 3 is 2.81 bits per heavy atom. The Morgan fingerprint density at radius 1 is 1.31 bits per heavy atom. The molecule has 0 fully saturated rings. The molecule has 1 aromatic carbocycles. The zero-order chi connectivity index (χ0) is 11.5. The van der Waals surface area contributed by atoms with Gasteiger partial charge in [0, 0.05) is 14.7 Å². The maximum absolute atomic E-state index is 5.81. The Balaban J connectivity index is 2.07. The van der Waals surface area contributed by atoms with E-state index in [4.69, 9.17) is 4.74 Å². The van der Waals surface area contributed by atoms with Crippen LogP contribution in [0.4, 0.5) is 0 Å². The smallest absolute Gasteiger partial charge is 0.123 e. The third-order valence-electron chi connectivity index (χ3n) is 2.55. The zero-order valence-electron chi connectivity index (χ0n) is 9.29. The van der Waals surface area contributed by atoms with Gasteiger partial charge in [0.15, 0.2) is 0 Å². The first kappa shape index (κ1) is 11.7. The first-order chi connectivity index (χ1) is 7.66. The van der Waals surface area contributed by atoms with Crippen molar-refractivity contribution in [1.29, 1.82) is 0 Å². The molecule has 0 bridgehead atoms. The third-order valence-corrected chi connectivity index (χ3v) is 4.22. The van der Waals surface area contributed by atoms with Crippen LogP contribution in [0.3, 0.4) is 0 Å². The molecule has 1 nitrogen and oxygen atoms in total. The summed E-state index contributed by atoms with van der Waals surface area (Å²) < 4.78 is 6.93. The van der Waals surface area contributed by atoms with Crippen LogP contribution in [0.25, 0.3) is 0 Å². The highest BCUT2D eigenvalue weighted by atomic mass is 79.9. The lowest BCUT2D eigenvalue weighted by molar-refractivity contribution is 0.307. The molecule has 2 aromatic rings. The number of aryl methyl sites for hydroxylation is 1. The van der Waals surface area contributed by atoms with E-state index in [0.29, 0.717) is 6.61 Å². The summed E-state index contributed by atoms with van der Waals surface area (Å²) in [7, 11) is 0. The summed E-state index contributed by atoms with van der Waals surface area (Å²) in [6.07, 6.45) is 0. The number of benzene rings is 1. The molecule has 84 valence electrons. The molecule has 1 heterocycles. The van der Waals surface area contributed by atoms with Crippen LogP contribution in [0.2, 0.25) is 0 Å². The second-order valence-corrected chi connectivity index (χ2v) is 5.63. The molecule has 0 spiro atoms. The number of ether oxygens (including phenoxy) is 1. The van der Waals surface area contributed by atoms with E-state index < -0.39 is 0 Å².